The van der Waals surface area contributed by atoms with Gasteiger partial charge in [0.25, 0.3) is 0 Å². The van der Waals surface area contributed by atoms with Crippen molar-refractivity contribution in [3.63, 3.8) is 0 Å². The van der Waals surface area contributed by atoms with E-state index in [1.807, 2.05) is 42.8 Å². The van der Waals surface area contributed by atoms with Crippen LogP contribution in [0.5, 0.6) is 0 Å². The van der Waals surface area contributed by atoms with Gasteiger partial charge in [-0.25, -0.2) is 4.98 Å². The zero-order valence-corrected chi connectivity index (χ0v) is 28.3. The Morgan fingerprint density at radius 1 is 0.643 bits per heavy atom. The summed E-state index contributed by atoms with van der Waals surface area (Å²) in [5.74, 6) is 1.06. The maximum atomic E-state index is 5.33. The summed E-state index contributed by atoms with van der Waals surface area (Å²) in [4.78, 5) is 4.25. The maximum absolute atomic E-state index is 5.33. The molecule has 0 saturated carbocycles. The fourth-order valence-corrected chi connectivity index (χ4v) is 3.39. The predicted octanol–water partition coefficient (Wildman–Crippen LogP) is 9.92. The van der Waals surface area contributed by atoms with Gasteiger partial charge in [-0.05, 0) is 41.7 Å². The largest absolute Gasteiger partial charge is 0.469 e. The van der Waals surface area contributed by atoms with Crippen molar-refractivity contribution in [2.75, 3.05) is 0 Å². The number of hydrogen-bond donors (Lipinski definition) is 0. The predicted molar refractivity (Wildman–Crippen MR) is 184 cm³/mol. The quantitative estimate of drug-likeness (QED) is 0.207. The first-order valence-electron chi connectivity index (χ1n) is 14.2. The molecule has 0 unspecified atom stereocenters. The molecule has 240 valence electrons. The summed E-state index contributed by atoms with van der Waals surface area (Å²) in [6.45, 7) is 28.1. The zero-order chi connectivity index (χ0) is 31.1. The summed E-state index contributed by atoms with van der Waals surface area (Å²) in [5, 5.41) is 4.30. The Balaban J connectivity index is 0. The van der Waals surface area contributed by atoms with Crippen molar-refractivity contribution in [2.24, 2.45) is 21.1 Å². The Morgan fingerprint density at radius 2 is 1.19 bits per heavy atom. The molecule has 0 radical (unpaired) electrons. The van der Waals surface area contributed by atoms with Gasteiger partial charge in [0, 0.05) is 62.2 Å². The number of hydrogen-bond acceptors (Lipinski definition) is 3. The maximum Gasteiger partial charge on any atom is 0.109 e. The van der Waals surface area contributed by atoms with Crippen molar-refractivity contribution in [2.45, 2.75) is 127 Å². The van der Waals surface area contributed by atoms with E-state index in [0.29, 0.717) is 5.41 Å². The van der Waals surface area contributed by atoms with Gasteiger partial charge in [-0.3, -0.25) is 4.68 Å². The number of imidazole rings is 1. The lowest BCUT2D eigenvalue weighted by Crippen LogP contribution is -2.12. The number of nitrogens with zero attached hydrogens (tertiary/aromatic N) is 5. The highest BCUT2D eigenvalue weighted by Crippen LogP contribution is 2.24. The molecular formula is C36H65N5O. The summed E-state index contributed by atoms with van der Waals surface area (Å²) in [7, 11) is 5.98. The van der Waals surface area contributed by atoms with Crippen molar-refractivity contribution in [1.29, 1.82) is 0 Å². The highest BCUT2D eigenvalue weighted by Gasteiger charge is 2.17. The van der Waals surface area contributed by atoms with Crippen LogP contribution in [-0.4, -0.2) is 23.9 Å². The van der Waals surface area contributed by atoms with Gasteiger partial charge in [-0.1, -0.05) is 97.9 Å². The smallest absolute Gasteiger partial charge is 0.109 e. The van der Waals surface area contributed by atoms with Crippen LogP contribution >= 0.6 is 0 Å². The molecule has 0 aliphatic heterocycles. The Labute approximate surface area is 259 Å². The summed E-state index contributed by atoms with van der Waals surface area (Å²) < 4.78 is 11.2. The van der Waals surface area contributed by atoms with E-state index in [1.165, 1.54) is 11.1 Å². The van der Waals surface area contributed by atoms with E-state index in [4.69, 9.17) is 4.42 Å². The molecule has 0 amide bonds. The van der Waals surface area contributed by atoms with Crippen molar-refractivity contribution < 1.29 is 4.42 Å². The molecule has 4 rings (SSSR count). The lowest BCUT2D eigenvalue weighted by molar-refractivity contribution is 0.409. The van der Waals surface area contributed by atoms with E-state index >= 15 is 0 Å². The van der Waals surface area contributed by atoms with Crippen molar-refractivity contribution in [1.82, 2.24) is 23.9 Å². The van der Waals surface area contributed by atoms with Crippen LogP contribution < -0.4 is 0 Å². The molecule has 42 heavy (non-hydrogen) atoms. The molecule has 0 saturated heterocycles. The minimum Gasteiger partial charge on any atom is -0.469 e. The van der Waals surface area contributed by atoms with Gasteiger partial charge in [0.1, 0.15) is 5.76 Å². The molecule has 0 aromatic carbocycles. The Morgan fingerprint density at radius 3 is 1.38 bits per heavy atom. The second kappa shape index (κ2) is 16.0. The molecule has 0 N–H and O–H groups in total. The number of aryl methyl sites for hydroxylation is 4. The van der Waals surface area contributed by atoms with Gasteiger partial charge in [-0.15, -0.1) is 0 Å². The Hall–Kier alpha value is -3.02. The van der Waals surface area contributed by atoms with E-state index in [1.54, 1.807) is 6.26 Å². The van der Waals surface area contributed by atoms with Gasteiger partial charge in [-0.2, -0.15) is 5.10 Å². The highest BCUT2D eigenvalue weighted by molar-refractivity contribution is 5.19. The second-order valence-corrected chi connectivity index (χ2v) is 14.9. The van der Waals surface area contributed by atoms with Gasteiger partial charge in [0.05, 0.1) is 24.0 Å². The first-order chi connectivity index (χ1) is 18.0. The minimum atomic E-state index is 0. The van der Waals surface area contributed by atoms with Gasteiger partial charge < -0.3 is 13.6 Å². The van der Waals surface area contributed by atoms with Gasteiger partial charge >= 0.3 is 0 Å². The van der Waals surface area contributed by atoms with Crippen LogP contribution in [0.2, 0.25) is 0 Å². The molecule has 6 nitrogen and oxygen atoms in total. The first kappa shape index (κ1) is 41.1. The standard InChI is InChI=1S/C9H15N.C9H14O.2C8H14N2.2CH4/c1-9(2,3)8-5-6-10(4)7-8;1-7-5-8(10-6-7)9(2,3)4;1-8(2,3)7-5-10(4)6-9-7;1-8(2,3)7-5-6-10(4)9-7;;/h5-7H,1-4H3;3*5-6H,1-4H3;2*1H4. The van der Waals surface area contributed by atoms with E-state index in [-0.39, 0.29) is 31.1 Å². The molecule has 0 aliphatic carbocycles. The zero-order valence-electron chi connectivity index (χ0n) is 28.3. The van der Waals surface area contributed by atoms with Crippen LogP contribution in [-0.2, 0) is 42.8 Å². The van der Waals surface area contributed by atoms with Crippen molar-refractivity contribution in [3.8, 4) is 0 Å². The van der Waals surface area contributed by atoms with Gasteiger partial charge in [0.15, 0.2) is 0 Å². The lowest BCUT2D eigenvalue weighted by Gasteiger charge is -2.15. The van der Waals surface area contributed by atoms with E-state index in [9.17, 15) is 0 Å². The van der Waals surface area contributed by atoms with E-state index in [0.717, 1.165) is 17.1 Å². The summed E-state index contributed by atoms with van der Waals surface area (Å²) >= 11 is 0. The van der Waals surface area contributed by atoms with Crippen LogP contribution in [0.25, 0.3) is 0 Å². The number of rotatable bonds is 0. The lowest BCUT2D eigenvalue weighted by atomic mass is 9.89. The summed E-state index contributed by atoms with van der Waals surface area (Å²) in [6, 6.07) is 6.31. The fraction of sp³-hybridized carbons (Fsp3) is 0.611. The Kier molecular flexibility index (Phi) is 15.7. The average Bonchev–Trinajstić information content (AvgIpc) is 3.55. The monoisotopic (exact) mass is 584 g/mol. The van der Waals surface area contributed by atoms with Crippen LogP contribution in [0.15, 0.2) is 60.0 Å². The number of aromatic nitrogens is 5. The normalized spacial score (nSPS) is 11.4. The topological polar surface area (TPSA) is 53.7 Å². The van der Waals surface area contributed by atoms with Crippen molar-refractivity contribution in [3.05, 3.63) is 83.9 Å². The third-order valence-electron chi connectivity index (χ3n) is 6.12. The van der Waals surface area contributed by atoms with E-state index < -0.39 is 0 Å². The highest BCUT2D eigenvalue weighted by atomic mass is 16.3. The summed E-state index contributed by atoms with van der Waals surface area (Å²) in [6.07, 6.45) is 11.9. The first-order valence-corrected chi connectivity index (χ1v) is 14.2. The molecule has 0 fully saturated rings. The third kappa shape index (κ3) is 14.7. The van der Waals surface area contributed by atoms with Crippen LogP contribution in [0, 0.1) is 6.92 Å². The molecule has 0 bridgehead atoms. The molecule has 4 heterocycles. The van der Waals surface area contributed by atoms with E-state index in [2.05, 4.69) is 142 Å². The third-order valence-corrected chi connectivity index (χ3v) is 6.12. The minimum absolute atomic E-state index is 0. The van der Waals surface area contributed by atoms with Crippen LogP contribution in [0.3, 0.4) is 0 Å². The second-order valence-electron chi connectivity index (χ2n) is 14.9. The molecule has 0 atom stereocenters. The van der Waals surface area contributed by atoms with Gasteiger partial charge in [0.2, 0.25) is 0 Å². The molecular weight excluding hydrogens is 518 g/mol. The molecule has 0 aliphatic rings. The molecule has 4 aromatic heterocycles. The van der Waals surface area contributed by atoms with Crippen LogP contribution in [0.1, 0.15) is 126 Å². The average molecular weight is 584 g/mol. The Bertz CT molecular complexity index is 1070. The van der Waals surface area contributed by atoms with Crippen LogP contribution in [0.4, 0.5) is 0 Å². The number of furan rings is 1. The molecule has 0 spiro atoms. The summed E-state index contributed by atoms with van der Waals surface area (Å²) in [5.41, 5.74) is 5.70. The molecule has 4 aromatic rings. The molecule has 6 heteroatoms. The fourth-order valence-electron chi connectivity index (χ4n) is 3.39. The van der Waals surface area contributed by atoms with Crippen molar-refractivity contribution >= 4 is 0 Å². The SMILES string of the molecule is C.C.Cc1coc(C(C)(C)C)c1.Cn1ccc(C(C)(C)C)c1.Cn1ccc(C(C)(C)C)n1.Cn1cnc(C(C)(C)C)c1.